The summed E-state index contributed by atoms with van der Waals surface area (Å²) in [4.78, 5) is 32.5. The van der Waals surface area contributed by atoms with Crippen LogP contribution in [-0.2, 0) is 11.2 Å². The van der Waals surface area contributed by atoms with Gasteiger partial charge in [-0.2, -0.15) is 9.50 Å². The number of rotatable bonds is 9. The predicted molar refractivity (Wildman–Crippen MR) is 167 cm³/mol. The predicted octanol–water partition coefficient (Wildman–Crippen LogP) is 5.98. The van der Waals surface area contributed by atoms with Crippen molar-refractivity contribution >= 4 is 29.5 Å². The smallest absolute Gasteiger partial charge is 0.408 e. The van der Waals surface area contributed by atoms with Crippen molar-refractivity contribution in [3.8, 4) is 11.4 Å². The summed E-state index contributed by atoms with van der Waals surface area (Å²) in [7, 11) is 1.89. The molecule has 0 aliphatic heterocycles. The highest BCUT2D eigenvalue weighted by Gasteiger charge is 2.19. The van der Waals surface area contributed by atoms with E-state index < -0.39 is 11.7 Å². The van der Waals surface area contributed by atoms with Crippen LogP contribution >= 0.6 is 0 Å². The molecule has 2 N–H and O–H groups in total. The Morgan fingerprint density at radius 1 is 0.977 bits per heavy atom. The van der Waals surface area contributed by atoms with Crippen molar-refractivity contribution < 1.29 is 9.53 Å². The Labute approximate surface area is 251 Å². The molecule has 0 fully saturated rings. The number of aromatic nitrogens is 6. The summed E-state index contributed by atoms with van der Waals surface area (Å²) in [6, 6.07) is 21.5. The summed E-state index contributed by atoms with van der Waals surface area (Å²) in [5, 5.41) is 11.0. The average Bonchev–Trinajstić information content (AvgIpc) is 3.41. The van der Waals surface area contributed by atoms with Crippen LogP contribution in [0.25, 0.3) is 17.0 Å². The molecule has 0 bridgehead atoms. The number of hydrogen-bond acceptors (Lipinski definition) is 9. The third kappa shape index (κ3) is 7.42. The van der Waals surface area contributed by atoms with Crippen LogP contribution in [0.1, 0.15) is 51.8 Å². The lowest BCUT2D eigenvalue weighted by Gasteiger charge is -2.22. The molecular weight excluding hydrogens is 542 g/mol. The van der Waals surface area contributed by atoms with Gasteiger partial charge in [-0.1, -0.05) is 54.6 Å². The maximum absolute atomic E-state index is 12.2. The molecule has 0 saturated heterocycles. The lowest BCUT2D eigenvalue weighted by atomic mass is 10.0. The van der Waals surface area contributed by atoms with E-state index in [4.69, 9.17) is 14.8 Å². The van der Waals surface area contributed by atoms with Gasteiger partial charge in [-0.15, -0.1) is 5.10 Å². The minimum Gasteiger partial charge on any atom is -0.444 e. The molecule has 43 heavy (non-hydrogen) atoms. The van der Waals surface area contributed by atoms with Crippen LogP contribution < -0.4 is 15.5 Å². The van der Waals surface area contributed by atoms with Crippen molar-refractivity contribution in [2.75, 3.05) is 17.3 Å². The maximum atomic E-state index is 12.2. The van der Waals surface area contributed by atoms with E-state index in [0.717, 1.165) is 23.1 Å². The zero-order chi connectivity index (χ0) is 30.6. The largest absolute Gasteiger partial charge is 0.444 e. The monoisotopic (exact) mass is 579 g/mol. The molecule has 11 nitrogen and oxygen atoms in total. The van der Waals surface area contributed by atoms with E-state index >= 15 is 0 Å². The van der Waals surface area contributed by atoms with Crippen molar-refractivity contribution in [1.29, 1.82) is 0 Å². The highest BCUT2D eigenvalue weighted by molar-refractivity contribution is 5.68. The summed E-state index contributed by atoms with van der Waals surface area (Å²) >= 11 is 0. The van der Waals surface area contributed by atoms with Crippen LogP contribution in [0.3, 0.4) is 0 Å². The molecule has 3 heterocycles. The minimum atomic E-state index is -0.549. The fourth-order valence-electron chi connectivity index (χ4n) is 4.63. The van der Waals surface area contributed by atoms with Crippen molar-refractivity contribution in [1.82, 2.24) is 34.9 Å². The fraction of sp³-hybridized carbons (Fsp3) is 0.312. The molecule has 3 aromatic heterocycles. The lowest BCUT2D eigenvalue weighted by Crippen LogP contribution is -2.34. The topological polar surface area (TPSA) is 122 Å². The Morgan fingerprint density at radius 3 is 2.51 bits per heavy atom. The van der Waals surface area contributed by atoms with Gasteiger partial charge in [0, 0.05) is 37.1 Å². The number of carbonyl (C=O) groups excluding carboxylic acids is 1. The Morgan fingerprint density at radius 2 is 1.74 bits per heavy atom. The second-order valence-electron chi connectivity index (χ2n) is 11.5. The van der Waals surface area contributed by atoms with Gasteiger partial charge in [0.05, 0.1) is 6.04 Å². The van der Waals surface area contributed by atoms with E-state index in [0.29, 0.717) is 29.2 Å². The molecule has 5 rings (SSSR count). The number of ether oxygens (including phenoxy) is 1. The van der Waals surface area contributed by atoms with E-state index in [1.54, 1.807) is 16.9 Å². The first-order chi connectivity index (χ1) is 20.6. The van der Waals surface area contributed by atoms with Gasteiger partial charge in [-0.05, 0) is 58.2 Å². The third-order valence-corrected chi connectivity index (χ3v) is 6.65. The van der Waals surface area contributed by atoms with Gasteiger partial charge < -0.3 is 15.4 Å². The molecule has 5 aromatic rings. The van der Waals surface area contributed by atoms with Crippen molar-refractivity contribution in [2.24, 2.45) is 0 Å². The first-order valence-corrected chi connectivity index (χ1v) is 14.2. The van der Waals surface area contributed by atoms with Gasteiger partial charge in [0.2, 0.25) is 11.9 Å². The Kier molecular flexibility index (Phi) is 8.51. The SMILES string of the molecule is CC(Cc1cccc(C(C)NC(=O)OC(C)(C)C)c1)Nc1nccc(N(C)c2nccc3nc(-c4ccccc4)nn23)n1. The Hall–Kier alpha value is -5.06. The summed E-state index contributed by atoms with van der Waals surface area (Å²) in [5.41, 5.74) is 3.20. The van der Waals surface area contributed by atoms with Crippen molar-refractivity contribution in [3.05, 3.63) is 90.3 Å². The van der Waals surface area contributed by atoms with Crippen LogP contribution in [0.15, 0.2) is 79.1 Å². The summed E-state index contributed by atoms with van der Waals surface area (Å²) in [6.45, 7) is 9.56. The van der Waals surface area contributed by atoms with Crippen LogP contribution in [0.4, 0.5) is 22.5 Å². The molecule has 0 saturated carbocycles. The molecule has 1 amide bonds. The number of anilines is 3. The standard InChI is InChI=1S/C32H37N9O2/c1-21(19-23-11-10-14-25(20-23)22(2)36-31(42)43-32(3,4)5)35-29-33-17-15-26(38-29)40(6)30-34-18-16-27-37-28(39-41(27)30)24-12-8-7-9-13-24/h7-18,20-22H,19H2,1-6H3,(H,36,42)(H,33,35,38). The van der Waals surface area contributed by atoms with Crippen LogP contribution in [0.2, 0.25) is 0 Å². The summed E-state index contributed by atoms with van der Waals surface area (Å²) in [5.74, 6) is 2.37. The molecule has 2 atom stereocenters. The van der Waals surface area contributed by atoms with Crippen LogP contribution in [0, 0.1) is 0 Å². The maximum Gasteiger partial charge on any atom is 0.408 e. The molecule has 2 aromatic carbocycles. The number of nitrogens with one attached hydrogen (secondary N) is 2. The molecule has 11 heteroatoms. The Bertz CT molecular complexity index is 1700. The number of amides is 1. The highest BCUT2D eigenvalue weighted by atomic mass is 16.6. The van der Waals surface area contributed by atoms with Gasteiger partial charge >= 0.3 is 6.09 Å². The van der Waals surface area contributed by atoms with Crippen LogP contribution in [-0.4, -0.2) is 54.3 Å². The number of hydrogen-bond donors (Lipinski definition) is 2. The fourth-order valence-corrected chi connectivity index (χ4v) is 4.63. The van der Waals surface area contributed by atoms with Crippen LogP contribution in [0.5, 0.6) is 0 Å². The van der Waals surface area contributed by atoms with E-state index in [1.807, 2.05) is 94.2 Å². The molecular formula is C32H37N9O2. The third-order valence-electron chi connectivity index (χ3n) is 6.65. The number of benzene rings is 2. The number of nitrogens with zero attached hydrogens (tertiary/aromatic N) is 7. The van der Waals surface area contributed by atoms with Gasteiger partial charge in [-0.25, -0.2) is 19.7 Å². The molecule has 0 aliphatic rings. The van der Waals surface area contributed by atoms with Gasteiger partial charge in [-0.3, -0.25) is 4.90 Å². The summed E-state index contributed by atoms with van der Waals surface area (Å²) < 4.78 is 7.11. The molecule has 0 radical (unpaired) electrons. The average molecular weight is 580 g/mol. The second kappa shape index (κ2) is 12.4. The zero-order valence-electron chi connectivity index (χ0n) is 25.3. The first kappa shape index (κ1) is 29.4. The normalized spacial score (nSPS) is 12.9. The Balaban J connectivity index is 1.26. The first-order valence-electron chi connectivity index (χ1n) is 14.2. The van der Waals surface area contributed by atoms with Gasteiger partial charge in [0.1, 0.15) is 11.4 Å². The lowest BCUT2D eigenvalue weighted by molar-refractivity contribution is 0.0508. The van der Waals surface area contributed by atoms with Crippen molar-refractivity contribution in [3.63, 3.8) is 0 Å². The van der Waals surface area contributed by atoms with Gasteiger partial charge in [0.25, 0.3) is 0 Å². The van der Waals surface area contributed by atoms with E-state index in [1.165, 1.54) is 0 Å². The number of fused-ring (bicyclic) bond motifs is 1. The quantitative estimate of drug-likeness (QED) is 0.217. The molecule has 222 valence electrons. The van der Waals surface area contributed by atoms with E-state index in [2.05, 4.69) is 44.6 Å². The zero-order valence-corrected chi connectivity index (χ0v) is 25.3. The van der Waals surface area contributed by atoms with Crippen molar-refractivity contribution in [2.45, 2.75) is 58.7 Å². The number of carbonyl (C=O) groups is 1. The second-order valence-corrected chi connectivity index (χ2v) is 11.5. The van der Waals surface area contributed by atoms with Gasteiger partial charge in [0.15, 0.2) is 11.5 Å². The highest BCUT2D eigenvalue weighted by Crippen LogP contribution is 2.23. The summed E-state index contributed by atoms with van der Waals surface area (Å²) in [6.07, 6.45) is 3.73. The molecule has 2 unspecified atom stereocenters. The van der Waals surface area contributed by atoms with E-state index in [-0.39, 0.29) is 12.1 Å². The molecule has 0 aliphatic carbocycles. The van der Waals surface area contributed by atoms with E-state index in [9.17, 15) is 4.79 Å². The minimum absolute atomic E-state index is 0.0373. The number of alkyl carbamates (subject to hydrolysis) is 1. The molecule has 0 spiro atoms.